The molecule has 1 rings (SSSR count). The van der Waals surface area contributed by atoms with Crippen LogP contribution in [0.4, 0.5) is 0 Å². The minimum absolute atomic E-state index is 0.0957. The van der Waals surface area contributed by atoms with Gasteiger partial charge in [-0.15, -0.1) is 0 Å². The van der Waals surface area contributed by atoms with Gasteiger partial charge in [0.2, 0.25) is 10.0 Å². The Kier molecular flexibility index (Phi) is 5.26. The summed E-state index contributed by atoms with van der Waals surface area (Å²) in [6.45, 7) is 0.674. The van der Waals surface area contributed by atoms with Crippen molar-refractivity contribution in [2.45, 2.75) is 11.3 Å². The number of rotatable bonds is 7. The van der Waals surface area contributed by atoms with Crippen LogP contribution in [-0.4, -0.2) is 34.6 Å². The van der Waals surface area contributed by atoms with Crippen molar-refractivity contribution in [1.82, 2.24) is 4.72 Å². The van der Waals surface area contributed by atoms with E-state index in [2.05, 4.69) is 4.72 Å². The lowest BCUT2D eigenvalue weighted by Gasteiger charge is -2.08. The normalized spacial score (nSPS) is 11.4. The maximum Gasteiger partial charge on any atom is 0.240 e. The molecule has 100 valence electrons. The van der Waals surface area contributed by atoms with E-state index < -0.39 is 16.0 Å². The molecule has 0 aliphatic heterocycles. The molecule has 6 nitrogen and oxygen atoms in total. The fourth-order valence-electron chi connectivity index (χ4n) is 1.30. The summed E-state index contributed by atoms with van der Waals surface area (Å²) in [6.07, 6.45) is 0.538. The van der Waals surface area contributed by atoms with E-state index in [4.69, 9.17) is 4.74 Å². The van der Waals surface area contributed by atoms with Crippen molar-refractivity contribution < 1.29 is 23.1 Å². The van der Waals surface area contributed by atoms with Crippen molar-refractivity contribution in [2.24, 2.45) is 0 Å². The average molecular weight is 272 g/mol. The molecule has 1 N–H and O–H groups in total. The van der Waals surface area contributed by atoms with E-state index in [1.165, 1.54) is 25.3 Å². The van der Waals surface area contributed by atoms with E-state index in [1.807, 2.05) is 0 Å². The van der Waals surface area contributed by atoms with Gasteiger partial charge in [0.15, 0.2) is 0 Å². The maximum atomic E-state index is 11.8. The second kappa shape index (κ2) is 6.48. The number of hydrogen-bond acceptors (Lipinski definition) is 5. The Labute approximate surface area is 106 Å². The molecule has 0 heterocycles. The number of nitrogens with one attached hydrogen (secondary N) is 1. The van der Waals surface area contributed by atoms with Gasteiger partial charge < -0.3 is 14.6 Å². The third-order valence-electron chi connectivity index (χ3n) is 2.20. The van der Waals surface area contributed by atoms with Gasteiger partial charge in [0.1, 0.15) is 0 Å². The SMILES string of the molecule is COCCCNS(=O)(=O)c1cccc(C(=O)[O-])c1. The number of sulfonamides is 1. The molecule has 18 heavy (non-hydrogen) atoms. The van der Waals surface area contributed by atoms with Crippen molar-refractivity contribution in [2.75, 3.05) is 20.3 Å². The number of hydrogen-bond donors (Lipinski definition) is 1. The van der Waals surface area contributed by atoms with Crippen LogP contribution in [0.5, 0.6) is 0 Å². The highest BCUT2D eigenvalue weighted by Gasteiger charge is 2.13. The van der Waals surface area contributed by atoms with Crippen LogP contribution in [0.2, 0.25) is 0 Å². The molecule has 0 fully saturated rings. The van der Waals surface area contributed by atoms with Crippen LogP contribution < -0.4 is 9.83 Å². The molecule has 0 aliphatic rings. The Morgan fingerprint density at radius 2 is 2.17 bits per heavy atom. The first-order valence-corrected chi connectivity index (χ1v) is 6.75. The summed E-state index contributed by atoms with van der Waals surface area (Å²) in [5.74, 6) is -1.41. The van der Waals surface area contributed by atoms with Gasteiger partial charge in [-0.25, -0.2) is 13.1 Å². The molecule has 0 unspecified atom stereocenters. The Bertz CT molecular complexity index is 512. The molecule has 0 aliphatic carbocycles. The number of ether oxygens (including phenoxy) is 1. The lowest BCUT2D eigenvalue weighted by Crippen LogP contribution is -2.27. The Balaban J connectivity index is 2.78. The highest BCUT2D eigenvalue weighted by atomic mass is 32.2. The van der Waals surface area contributed by atoms with E-state index >= 15 is 0 Å². The number of carboxylic acids is 1. The summed E-state index contributed by atoms with van der Waals surface area (Å²) in [4.78, 5) is 10.5. The topological polar surface area (TPSA) is 95.5 Å². The van der Waals surface area contributed by atoms with Crippen LogP contribution in [0.15, 0.2) is 29.2 Å². The quantitative estimate of drug-likeness (QED) is 0.666. The van der Waals surface area contributed by atoms with Gasteiger partial charge in [-0.2, -0.15) is 0 Å². The van der Waals surface area contributed by atoms with Crippen LogP contribution in [0.25, 0.3) is 0 Å². The van der Waals surface area contributed by atoms with E-state index in [-0.39, 0.29) is 17.0 Å². The number of carbonyl (C=O) groups excluding carboxylic acids is 1. The number of aromatic carboxylic acids is 1. The first kappa shape index (κ1) is 14.6. The van der Waals surface area contributed by atoms with Crippen LogP contribution >= 0.6 is 0 Å². The third kappa shape index (κ3) is 4.10. The Morgan fingerprint density at radius 3 is 2.78 bits per heavy atom. The first-order chi connectivity index (χ1) is 8.47. The molecule has 0 radical (unpaired) electrons. The number of carboxylic acid groups (broad SMARTS) is 1. The Morgan fingerprint density at radius 1 is 1.44 bits per heavy atom. The summed E-state index contributed by atoms with van der Waals surface area (Å²) < 4.78 is 30.8. The fourth-order valence-corrected chi connectivity index (χ4v) is 2.42. The van der Waals surface area contributed by atoms with Crippen molar-refractivity contribution in [3.63, 3.8) is 0 Å². The molecule has 0 saturated heterocycles. The van der Waals surface area contributed by atoms with Gasteiger partial charge >= 0.3 is 0 Å². The summed E-state index contributed by atoms with van der Waals surface area (Å²) in [7, 11) is -2.17. The average Bonchev–Trinajstić information content (AvgIpc) is 2.35. The van der Waals surface area contributed by atoms with Gasteiger partial charge in [-0.05, 0) is 24.1 Å². The van der Waals surface area contributed by atoms with Gasteiger partial charge in [-0.3, -0.25) is 0 Å². The zero-order valence-corrected chi connectivity index (χ0v) is 10.7. The second-order valence-electron chi connectivity index (χ2n) is 3.56. The van der Waals surface area contributed by atoms with Crippen molar-refractivity contribution in [1.29, 1.82) is 0 Å². The molecule has 0 spiro atoms. The van der Waals surface area contributed by atoms with E-state index in [0.717, 1.165) is 6.07 Å². The largest absolute Gasteiger partial charge is 0.545 e. The molecule has 0 bridgehead atoms. The zero-order chi connectivity index (χ0) is 13.6. The standard InChI is InChI=1S/C11H15NO5S/c1-17-7-3-6-12-18(15,16)10-5-2-4-9(8-10)11(13)14/h2,4-5,8,12H,3,6-7H2,1H3,(H,13,14)/p-1. The molecule has 0 saturated carbocycles. The van der Waals surface area contributed by atoms with Gasteiger partial charge in [0.25, 0.3) is 0 Å². The lowest BCUT2D eigenvalue weighted by molar-refractivity contribution is -0.255. The molecule has 7 heteroatoms. The van der Waals surface area contributed by atoms with Gasteiger partial charge in [-0.1, -0.05) is 12.1 Å². The zero-order valence-electron chi connectivity index (χ0n) is 9.88. The van der Waals surface area contributed by atoms with Crippen LogP contribution in [-0.2, 0) is 14.8 Å². The molecule has 0 atom stereocenters. The van der Waals surface area contributed by atoms with Crippen LogP contribution in [0, 0.1) is 0 Å². The summed E-state index contributed by atoms with van der Waals surface area (Å²) in [5.41, 5.74) is -0.172. The van der Waals surface area contributed by atoms with E-state index in [9.17, 15) is 18.3 Å². The molecule has 1 aromatic rings. The highest BCUT2D eigenvalue weighted by molar-refractivity contribution is 7.89. The molecule has 1 aromatic carbocycles. The second-order valence-corrected chi connectivity index (χ2v) is 5.33. The van der Waals surface area contributed by atoms with E-state index in [0.29, 0.717) is 13.0 Å². The van der Waals surface area contributed by atoms with Crippen LogP contribution in [0.3, 0.4) is 0 Å². The maximum absolute atomic E-state index is 11.8. The Hall–Kier alpha value is -1.44. The van der Waals surface area contributed by atoms with Crippen molar-refractivity contribution in [3.8, 4) is 0 Å². The number of carbonyl (C=O) groups is 1. The fraction of sp³-hybridized carbons (Fsp3) is 0.364. The van der Waals surface area contributed by atoms with E-state index in [1.54, 1.807) is 0 Å². The molecular weight excluding hydrogens is 258 g/mol. The lowest BCUT2D eigenvalue weighted by atomic mass is 10.2. The number of methoxy groups -OCH3 is 1. The molecular formula is C11H14NO5S-. The van der Waals surface area contributed by atoms with Crippen LogP contribution in [0.1, 0.15) is 16.8 Å². The minimum Gasteiger partial charge on any atom is -0.545 e. The smallest absolute Gasteiger partial charge is 0.240 e. The van der Waals surface area contributed by atoms with Gasteiger partial charge in [0.05, 0.1) is 10.9 Å². The predicted octanol–water partition coefficient (Wildman–Crippen LogP) is -0.635. The first-order valence-electron chi connectivity index (χ1n) is 5.27. The number of benzene rings is 1. The molecule has 0 amide bonds. The monoisotopic (exact) mass is 272 g/mol. The summed E-state index contributed by atoms with van der Waals surface area (Å²) >= 11 is 0. The minimum atomic E-state index is -3.69. The third-order valence-corrected chi connectivity index (χ3v) is 3.66. The van der Waals surface area contributed by atoms with Crippen molar-refractivity contribution >= 4 is 16.0 Å². The molecule has 0 aromatic heterocycles. The van der Waals surface area contributed by atoms with Crippen molar-refractivity contribution in [3.05, 3.63) is 29.8 Å². The van der Waals surface area contributed by atoms with Gasteiger partial charge in [0, 0.05) is 20.3 Å². The summed E-state index contributed by atoms with van der Waals surface area (Å²) in [6, 6.07) is 5.02. The summed E-state index contributed by atoms with van der Waals surface area (Å²) in [5, 5.41) is 10.6. The predicted molar refractivity (Wildman–Crippen MR) is 62.5 cm³/mol. The highest BCUT2D eigenvalue weighted by Crippen LogP contribution is 2.10.